The molecular weight excluding hydrogens is 272 g/mol. The van der Waals surface area contributed by atoms with Gasteiger partial charge in [-0.05, 0) is 36.5 Å². The molecule has 20 heavy (non-hydrogen) atoms. The average molecular weight is 295 g/mol. The summed E-state index contributed by atoms with van der Waals surface area (Å²) in [6.07, 6.45) is 6.50. The number of rotatable bonds is 5. The van der Waals surface area contributed by atoms with E-state index in [1.54, 1.807) is 12.1 Å². The van der Waals surface area contributed by atoms with Gasteiger partial charge in [0.2, 0.25) is 5.91 Å². The first kappa shape index (κ1) is 15.3. The number of amides is 1. The third kappa shape index (κ3) is 4.80. The lowest BCUT2D eigenvalue weighted by Gasteiger charge is -2.33. The molecule has 1 aromatic rings. The number of benzene rings is 1. The van der Waals surface area contributed by atoms with Gasteiger partial charge in [-0.1, -0.05) is 43.9 Å². The molecule has 1 aliphatic carbocycles. The fraction of sp³-hybridized carbons (Fsp3) is 0.562. The normalized spacial score (nSPS) is 17.7. The largest absolute Gasteiger partial charge is 0.325 e. The van der Waals surface area contributed by atoms with E-state index in [4.69, 9.17) is 11.6 Å². The van der Waals surface area contributed by atoms with Crippen LogP contribution in [0, 0.1) is 5.41 Å². The molecule has 1 saturated carbocycles. The van der Waals surface area contributed by atoms with Gasteiger partial charge >= 0.3 is 0 Å². The standard InChI is InChI=1S/C16H23ClN2O/c1-16(8-3-2-4-9-16)12-18-11-15(20)19-14-7-5-6-13(17)10-14/h5-7,10,18H,2-4,8-9,11-12H2,1H3,(H,19,20). The van der Waals surface area contributed by atoms with E-state index >= 15 is 0 Å². The van der Waals surface area contributed by atoms with E-state index < -0.39 is 0 Å². The molecule has 0 radical (unpaired) electrons. The fourth-order valence-electron chi connectivity index (χ4n) is 2.83. The highest BCUT2D eigenvalue weighted by molar-refractivity contribution is 6.30. The van der Waals surface area contributed by atoms with Gasteiger partial charge in [-0.15, -0.1) is 0 Å². The summed E-state index contributed by atoms with van der Waals surface area (Å²) in [6.45, 7) is 3.58. The van der Waals surface area contributed by atoms with Crippen molar-refractivity contribution in [3.63, 3.8) is 0 Å². The van der Waals surface area contributed by atoms with Gasteiger partial charge < -0.3 is 10.6 Å². The van der Waals surface area contributed by atoms with Crippen LogP contribution in [0.15, 0.2) is 24.3 Å². The molecule has 2 rings (SSSR count). The smallest absolute Gasteiger partial charge is 0.238 e. The first-order valence-corrected chi connectivity index (χ1v) is 7.71. The van der Waals surface area contributed by atoms with E-state index in [-0.39, 0.29) is 5.91 Å². The second kappa shape index (κ2) is 7.09. The van der Waals surface area contributed by atoms with Crippen LogP contribution in [0.5, 0.6) is 0 Å². The molecule has 0 saturated heterocycles. The molecule has 110 valence electrons. The van der Waals surface area contributed by atoms with Gasteiger partial charge in [0.15, 0.2) is 0 Å². The Balaban J connectivity index is 1.72. The second-order valence-electron chi connectivity index (χ2n) is 6.03. The molecule has 4 heteroatoms. The Hall–Kier alpha value is -1.06. The van der Waals surface area contributed by atoms with Crippen molar-refractivity contribution in [2.75, 3.05) is 18.4 Å². The molecule has 0 bridgehead atoms. The lowest BCUT2D eigenvalue weighted by atomic mass is 9.76. The molecule has 0 aromatic heterocycles. The van der Waals surface area contributed by atoms with Crippen molar-refractivity contribution in [2.45, 2.75) is 39.0 Å². The van der Waals surface area contributed by atoms with Crippen LogP contribution in [0.3, 0.4) is 0 Å². The second-order valence-corrected chi connectivity index (χ2v) is 6.47. The highest BCUT2D eigenvalue weighted by Gasteiger charge is 2.26. The third-order valence-corrected chi connectivity index (χ3v) is 4.24. The molecule has 0 spiro atoms. The number of carbonyl (C=O) groups is 1. The quantitative estimate of drug-likeness (QED) is 0.866. The summed E-state index contributed by atoms with van der Waals surface area (Å²) in [5.74, 6) is -0.0216. The number of anilines is 1. The van der Waals surface area contributed by atoms with Gasteiger partial charge in [-0.3, -0.25) is 4.79 Å². The number of hydrogen-bond acceptors (Lipinski definition) is 2. The van der Waals surface area contributed by atoms with E-state index in [0.29, 0.717) is 17.0 Å². The maximum Gasteiger partial charge on any atom is 0.238 e. The summed E-state index contributed by atoms with van der Waals surface area (Å²) >= 11 is 5.89. The highest BCUT2D eigenvalue weighted by atomic mass is 35.5. The minimum atomic E-state index is -0.0216. The predicted molar refractivity (Wildman–Crippen MR) is 84.1 cm³/mol. The van der Waals surface area contributed by atoms with Crippen molar-refractivity contribution < 1.29 is 4.79 Å². The van der Waals surface area contributed by atoms with Crippen molar-refractivity contribution in [3.05, 3.63) is 29.3 Å². The van der Waals surface area contributed by atoms with Crippen LogP contribution in [-0.4, -0.2) is 19.0 Å². The van der Waals surface area contributed by atoms with Crippen LogP contribution in [0.2, 0.25) is 5.02 Å². The zero-order valence-electron chi connectivity index (χ0n) is 12.0. The van der Waals surface area contributed by atoms with Gasteiger partial charge in [-0.25, -0.2) is 0 Å². The molecule has 3 nitrogen and oxygen atoms in total. The van der Waals surface area contributed by atoms with Crippen molar-refractivity contribution in [1.82, 2.24) is 5.32 Å². The van der Waals surface area contributed by atoms with Gasteiger partial charge in [0, 0.05) is 17.3 Å². The zero-order chi connectivity index (χ0) is 14.4. The Morgan fingerprint density at radius 1 is 1.30 bits per heavy atom. The van der Waals surface area contributed by atoms with E-state index in [2.05, 4.69) is 17.6 Å². The van der Waals surface area contributed by atoms with Crippen LogP contribution in [-0.2, 0) is 4.79 Å². The minimum Gasteiger partial charge on any atom is -0.325 e. The number of carbonyl (C=O) groups excluding carboxylic acids is 1. The predicted octanol–water partition coefficient (Wildman–Crippen LogP) is 3.84. The Bertz CT molecular complexity index is 456. The van der Waals surface area contributed by atoms with E-state index in [1.807, 2.05) is 12.1 Å². The summed E-state index contributed by atoms with van der Waals surface area (Å²) in [7, 11) is 0. The van der Waals surface area contributed by atoms with Crippen molar-refractivity contribution in [2.24, 2.45) is 5.41 Å². The number of hydrogen-bond donors (Lipinski definition) is 2. The van der Waals surface area contributed by atoms with Gasteiger partial charge in [0.05, 0.1) is 6.54 Å². The lowest BCUT2D eigenvalue weighted by Crippen LogP contribution is -2.37. The summed E-state index contributed by atoms with van der Waals surface area (Å²) in [6, 6.07) is 7.21. The summed E-state index contributed by atoms with van der Waals surface area (Å²) in [4.78, 5) is 11.9. The molecule has 0 atom stereocenters. The molecule has 1 amide bonds. The minimum absolute atomic E-state index is 0.0216. The number of nitrogens with one attached hydrogen (secondary N) is 2. The van der Waals surface area contributed by atoms with Crippen LogP contribution in [0.1, 0.15) is 39.0 Å². The monoisotopic (exact) mass is 294 g/mol. The van der Waals surface area contributed by atoms with Crippen LogP contribution in [0.25, 0.3) is 0 Å². The Labute approximate surface area is 126 Å². The summed E-state index contributed by atoms with van der Waals surface area (Å²) in [5.41, 5.74) is 1.10. The van der Waals surface area contributed by atoms with Gasteiger partial charge in [0.25, 0.3) is 0 Å². The molecule has 1 aliphatic rings. The van der Waals surface area contributed by atoms with Gasteiger partial charge in [-0.2, -0.15) is 0 Å². The topological polar surface area (TPSA) is 41.1 Å². The van der Waals surface area contributed by atoms with E-state index in [1.165, 1.54) is 32.1 Å². The van der Waals surface area contributed by atoms with Crippen molar-refractivity contribution in [3.8, 4) is 0 Å². The fourth-order valence-corrected chi connectivity index (χ4v) is 3.02. The van der Waals surface area contributed by atoms with Crippen molar-refractivity contribution >= 4 is 23.2 Å². The summed E-state index contributed by atoms with van der Waals surface area (Å²) < 4.78 is 0. The van der Waals surface area contributed by atoms with E-state index in [9.17, 15) is 4.79 Å². The first-order valence-electron chi connectivity index (χ1n) is 7.34. The lowest BCUT2D eigenvalue weighted by molar-refractivity contribution is -0.115. The Kier molecular flexibility index (Phi) is 5.44. The maximum absolute atomic E-state index is 11.9. The molecule has 2 N–H and O–H groups in total. The third-order valence-electron chi connectivity index (χ3n) is 4.01. The SMILES string of the molecule is CC1(CNCC(=O)Nc2cccc(Cl)c2)CCCCC1. The van der Waals surface area contributed by atoms with Crippen LogP contribution in [0.4, 0.5) is 5.69 Å². The Morgan fingerprint density at radius 2 is 2.05 bits per heavy atom. The highest BCUT2D eigenvalue weighted by Crippen LogP contribution is 2.34. The average Bonchev–Trinajstić information content (AvgIpc) is 2.39. The maximum atomic E-state index is 11.9. The molecule has 1 aromatic carbocycles. The molecule has 0 aliphatic heterocycles. The number of halogens is 1. The first-order chi connectivity index (χ1) is 9.57. The summed E-state index contributed by atoms with van der Waals surface area (Å²) in [5, 5.41) is 6.76. The molecular formula is C16H23ClN2O. The van der Waals surface area contributed by atoms with Crippen LogP contribution < -0.4 is 10.6 Å². The van der Waals surface area contributed by atoms with E-state index in [0.717, 1.165) is 12.2 Å². The van der Waals surface area contributed by atoms with Gasteiger partial charge in [0.1, 0.15) is 0 Å². The zero-order valence-corrected chi connectivity index (χ0v) is 12.8. The molecule has 0 unspecified atom stereocenters. The van der Waals surface area contributed by atoms with Crippen molar-refractivity contribution in [1.29, 1.82) is 0 Å². The molecule has 1 fully saturated rings. The van der Waals surface area contributed by atoms with Crippen LogP contribution >= 0.6 is 11.6 Å². The Morgan fingerprint density at radius 3 is 2.75 bits per heavy atom. The molecule has 0 heterocycles.